The van der Waals surface area contributed by atoms with Gasteiger partial charge in [-0.15, -0.1) is 0 Å². The second kappa shape index (κ2) is 4.19. The largest absolute Gasteiger partial charge is 0.314 e. The van der Waals surface area contributed by atoms with E-state index >= 15 is 0 Å². The van der Waals surface area contributed by atoms with Gasteiger partial charge < -0.3 is 5.32 Å². The van der Waals surface area contributed by atoms with Crippen LogP contribution < -0.4 is 5.32 Å². The molecule has 82 valence electrons. The third-order valence-electron chi connectivity index (χ3n) is 3.44. The summed E-state index contributed by atoms with van der Waals surface area (Å²) >= 11 is 0. The highest BCUT2D eigenvalue weighted by molar-refractivity contribution is 7.92. The average molecular weight is 217 g/mol. The maximum absolute atomic E-state index is 11.8. The van der Waals surface area contributed by atoms with Gasteiger partial charge >= 0.3 is 0 Å². The van der Waals surface area contributed by atoms with Crippen LogP contribution in [-0.4, -0.2) is 32.5 Å². The zero-order valence-corrected chi connectivity index (χ0v) is 9.35. The van der Waals surface area contributed by atoms with Crippen molar-refractivity contribution in [3.8, 4) is 0 Å². The molecule has 1 saturated heterocycles. The van der Waals surface area contributed by atoms with Crippen LogP contribution in [0.25, 0.3) is 0 Å². The van der Waals surface area contributed by atoms with E-state index in [0.717, 1.165) is 12.8 Å². The molecule has 3 nitrogen and oxygen atoms in total. The van der Waals surface area contributed by atoms with E-state index in [4.69, 9.17) is 0 Å². The average Bonchev–Trinajstić information content (AvgIpc) is 2.00. The molecule has 1 saturated carbocycles. The molecule has 1 aliphatic heterocycles. The predicted molar refractivity (Wildman–Crippen MR) is 57.0 cm³/mol. The van der Waals surface area contributed by atoms with Crippen molar-refractivity contribution in [1.82, 2.24) is 5.32 Å². The Morgan fingerprint density at radius 1 is 1.07 bits per heavy atom. The number of nitrogens with one attached hydrogen (secondary N) is 1. The highest BCUT2D eigenvalue weighted by atomic mass is 32.2. The van der Waals surface area contributed by atoms with E-state index in [9.17, 15) is 8.42 Å². The first kappa shape index (κ1) is 10.4. The van der Waals surface area contributed by atoms with Crippen molar-refractivity contribution < 1.29 is 8.42 Å². The van der Waals surface area contributed by atoms with Crippen LogP contribution in [0.2, 0.25) is 0 Å². The van der Waals surface area contributed by atoms with Crippen LogP contribution in [0.5, 0.6) is 0 Å². The molecule has 4 heteroatoms. The Labute approximate surface area is 86.2 Å². The summed E-state index contributed by atoms with van der Waals surface area (Å²) in [5, 5.41) is 2.95. The van der Waals surface area contributed by atoms with Gasteiger partial charge in [0.25, 0.3) is 0 Å². The summed E-state index contributed by atoms with van der Waals surface area (Å²) in [5.41, 5.74) is 0. The van der Waals surface area contributed by atoms with Gasteiger partial charge in [-0.25, -0.2) is 8.42 Å². The fourth-order valence-electron chi connectivity index (χ4n) is 2.33. The van der Waals surface area contributed by atoms with Crippen LogP contribution in [0.15, 0.2) is 0 Å². The molecule has 1 aliphatic carbocycles. The lowest BCUT2D eigenvalue weighted by atomic mass is 9.91. The summed E-state index contributed by atoms with van der Waals surface area (Å²) in [4.78, 5) is 0. The predicted octanol–water partition coefficient (Wildman–Crippen LogP) is 0.953. The molecule has 0 spiro atoms. The molecule has 0 bridgehead atoms. The molecule has 0 aromatic heterocycles. The van der Waals surface area contributed by atoms with Crippen LogP contribution >= 0.6 is 0 Å². The minimum atomic E-state index is -2.79. The van der Waals surface area contributed by atoms with Crippen molar-refractivity contribution in [2.24, 2.45) is 5.92 Å². The maximum Gasteiger partial charge on any atom is 0.155 e. The normalized spacial score (nSPS) is 26.0. The lowest BCUT2D eigenvalue weighted by Crippen LogP contribution is -2.52. The van der Waals surface area contributed by atoms with Gasteiger partial charge in [0.05, 0.1) is 11.0 Å². The van der Waals surface area contributed by atoms with Crippen LogP contribution in [0.3, 0.4) is 0 Å². The zero-order valence-electron chi connectivity index (χ0n) is 8.54. The summed E-state index contributed by atoms with van der Waals surface area (Å²) < 4.78 is 23.7. The molecular formula is C10H19NO2S. The molecule has 1 N–H and O–H groups in total. The monoisotopic (exact) mass is 217 g/mol. The Morgan fingerprint density at radius 2 is 1.71 bits per heavy atom. The number of hydrogen-bond acceptors (Lipinski definition) is 3. The molecule has 2 aliphatic rings. The summed E-state index contributed by atoms with van der Waals surface area (Å²) in [7, 11) is -2.79. The molecule has 2 rings (SSSR count). The minimum Gasteiger partial charge on any atom is -0.314 e. The molecule has 14 heavy (non-hydrogen) atoms. The van der Waals surface area contributed by atoms with Crippen molar-refractivity contribution >= 4 is 9.84 Å². The first-order chi connectivity index (χ1) is 6.68. The van der Waals surface area contributed by atoms with Crippen molar-refractivity contribution in [2.45, 2.75) is 37.4 Å². The van der Waals surface area contributed by atoms with E-state index in [2.05, 4.69) is 5.32 Å². The smallest absolute Gasteiger partial charge is 0.155 e. The standard InChI is InChI=1S/C10H19NO2S/c12-14(13,10-6-11-7-10)8-9-4-2-1-3-5-9/h9-11H,1-8H2. The van der Waals surface area contributed by atoms with Crippen molar-refractivity contribution in [3.63, 3.8) is 0 Å². The van der Waals surface area contributed by atoms with E-state index in [1.807, 2.05) is 0 Å². The van der Waals surface area contributed by atoms with Crippen molar-refractivity contribution in [3.05, 3.63) is 0 Å². The third kappa shape index (κ3) is 2.28. The zero-order chi connectivity index (χ0) is 10.0. The highest BCUT2D eigenvalue weighted by Gasteiger charge is 2.33. The van der Waals surface area contributed by atoms with Crippen molar-refractivity contribution in [2.75, 3.05) is 18.8 Å². The van der Waals surface area contributed by atoms with Crippen LogP contribution in [0.1, 0.15) is 32.1 Å². The Balaban J connectivity index is 1.88. The lowest BCUT2D eigenvalue weighted by molar-refractivity contribution is 0.381. The Morgan fingerprint density at radius 3 is 2.21 bits per heavy atom. The highest BCUT2D eigenvalue weighted by Crippen LogP contribution is 2.26. The Bertz CT molecular complexity index is 276. The fraction of sp³-hybridized carbons (Fsp3) is 1.00. The summed E-state index contributed by atoms with van der Waals surface area (Å²) in [6.07, 6.45) is 5.99. The molecule has 0 aromatic carbocycles. The number of hydrogen-bond donors (Lipinski definition) is 1. The second-order valence-electron chi connectivity index (χ2n) is 4.61. The van der Waals surface area contributed by atoms with Crippen LogP contribution in [0.4, 0.5) is 0 Å². The number of sulfone groups is 1. The van der Waals surface area contributed by atoms with E-state index in [0.29, 0.717) is 24.8 Å². The molecule has 1 heterocycles. The van der Waals surface area contributed by atoms with E-state index < -0.39 is 9.84 Å². The van der Waals surface area contributed by atoms with E-state index in [-0.39, 0.29) is 5.25 Å². The molecule has 2 fully saturated rings. The summed E-state index contributed by atoms with van der Waals surface area (Å²) in [5.74, 6) is 0.897. The first-order valence-corrected chi connectivity index (χ1v) is 7.32. The van der Waals surface area contributed by atoms with Gasteiger partial charge in [0.15, 0.2) is 9.84 Å². The third-order valence-corrected chi connectivity index (χ3v) is 5.73. The summed E-state index contributed by atoms with van der Waals surface area (Å²) in [6, 6.07) is 0. The van der Waals surface area contributed by atoms with Gasteiger partial charge in [-0.2, -0.15) is 0 Å². The Kier molecular flexibility index (Phi) is 3.12. The van der Waals surface area contributed by atoms with Gasteiger partial charge in [0, 0.05) is 13.1 Å². The van der Waals surface area contributed by atoms with Gasteiger partial charge in [-0.1, -0.05) is 19.3 Å². The molecule has 0 unspecified atom stereocenters. The molecule has 0 amide bonds. The first-order valence-electron chi connectivity index (χ1n) is 5.61. The van der Waals surface area contributed by atoms with Gasteiger partial charge in [-0.05, 0) is 18.8 Å². The van der Waals surface area contributed by atoms with Crippen LogP contribution in [-0.2, 0) is 9.84 Å². The SMILES string of the molecule is O=S(=O)(CC1CCCCC1)C1CNC1. The molecule has 0 radical (unpaired) electrons. The van der Waals surface area contributed by atoms with Gasteiger partial charge in [0.2, 0.25) is 0 Å². The van der Waals surface area contributed by atoms with E-state index in [1.165, 1.54) is 19.3 Å². The molecular weight excluding hydrogens is 198 g/mol. The topological polar surface area (TPSA) is 46.2 Å². The molecule has 0 atom stereocenters. The molecule has 0 aromatic rings. The number of rotatable bonds is 3. The van der Waals surface area contributed by atoms with Crippen molar-refractivity contribution in [1.29, 1.82) is 0 Å². The van der Waals surface area contributed by atoms with E-state index in [1.54, 1.807) is 0 Å². The lowest BCUT2D eigenvalue weighted by Gasteiger charge is -2.29. The fourth-order valence-corrected chi connectivity index (χ4v) is 4.34. The van der Waals surface area contributed by atoms with Gasteiger partial charge in [0.1, 0.15) is 0 Å². The minimum absolute atomic E-state index is 0.0792. The second-order valence-corrected chi connectivity index (χ2v) is 6.94. The van der Waals surface area contributed by atoms with Crippen LogP contribution in [0, 0.1) is 5.92 Å². The summed E-state index contributed by atoms with van der Waals surface area (Å²) in [6.45, 7) is 1.35. The van der Waals surface area contributed by atoms with Gasteiger partial charge in [-0.3, -0.25) is 0 Å². The maximum atomic E-state index is 11.8. The Hall–Kier alpha value is -0.0900. The quantitative estimate of drug-likeness (QED) is 0.765.